The van der Waals surface area contributed by atoms with Gasteiger partial charge in [-0.1, -0.05) is 23.4 Å². The molecule has 4 aromatic rings. The number of benzene rings is 2. The SMILES string of the molecule is COc1ccc(-c2noc(-c3cc4ccccc4n3CC(=O)O)n2)cc1OC. The van der Waals surface area contributed by atoms with Gasteiger partial charge in [0.25, 0.3) is 5.89 Å². The molecule has 8 heteroatoms. The van der Waals surface area contributed by atoms with Gasteiger partial charge in [-0.05, 0) is 30.3 Å². The Morgan fingerprint density at radius 1 is 1.11 bits per heavy atom. The molecule has 2 aromatic heterocycles. The van der Waals surface area contributed by atoms with E-state index < -0.39 is 5.97 Å². The lowest BCUT2D eigenvalue weighted by Gasteiger charge is -2.07. The number of methoxy groups -OCH3 is 2. The molecule has 2 heterocycles. The summed E-state index contributed by atoms with van der Waals surface area (Å²) >= 11 is 0. The van der Waals surface area contributed by atoms with E-state index in [2.05, 4.69) is 10.1 Å². The lowest BCUT2D eigenvalue weighted by atomic mass is 10.2. The average molecular weight is 379 g/mol. The second kappa shape index (κ2) is 7.07. The number of aromatic nitrogens is 3. The van der Waals surface area contributed by atoms with Crippen LogP contribution < -0.4 is 9.47 Å². The van der Waals surface area contributed by atoms with Crippen molar-refractivity contribution in [1.82, 2.24) is 14.7 Å². The zero-order valence-electron chi connectivity index (χ0n) is 15.2. The van der Waals surface area contributed by atoms with E-state index in [1.54, 1.807) is 37.0 Å². The van der Waals surface area contributed by atoms with Crippen molar-refractivity contribution in [3.05, 3.63) is 48.5 Å². The van der Waals surface area contributed by atoms with Crippen molar-refractivity contribution in [2.75, 3.05) is 14.2 Å². The molecular formula is C20H17N3O5. The van der Waals surface area contributed by atoms with Crippen LogP contribution in [0.25, 0.3) is 33.9 Å². The van der Waals surface area contributed by atoms with Crippen molar-refractivity contribution in [1.29, 1.82) is 0 Å². The third-order valence-corrected chi connectivity index (χ3v) is 4.39. The van der Waals surface area contributed by atoms with E-state index in [0.717, 1.165) is 10.9 Å². The van der Waals surface area contributed by atoms with Crippen LogP contribution in [0.3, 0.4) is 0 Å². The molecule has 1 N–H and O–H groups in total. The van der Waals surface area contributed by atoms with Gasteiger partial charge in [-0.3, -0.25) is 4.79 Å². The summed E-state index contributed by atoms with van der Waals surface area (Å²) in [5, 5.41) is 14.2. The van der Waals surface area contributed by atoms with Crippen molar-refractivity contribution in [3.63, 3.8) is 0 Å². The van der Waals surface area contributed by atoms with Crippen molar-refractivity contribution in [2.45, 2.75) is 6.54 Å². The topological polar surface area (TPSA) is 99.6 Å². The second-order valence-corrected chi connectivity index (χ2v) is 6.06. The first-order valence-electron chi connectivity index (χ1n) is 8.47. The largest absolute Gasteiger partial charge is 0.493 e. The first-order chi connectivity index (χ1) is 13.6. The van der Waals surface area contributed by atoms with Crippen molar-refractivity contribution in [3.8, 4) is 34.5 Å². The maximum absolute atomic E-state index is 11.3. The smallest absolute Gasteiger partial charge is 0.323 e. The summed E-state index contributed by atoms with van der Waals surface area (Å²) in [4.78, 5) is 15.8. The fourth-order valence-electron chi connectivity index (χ4n) is 3.11. The summed E-state index contributed by atoms with van der Waals surface area (Å²) in [6, 6.07) is 14.6. The number of fused-ring (bicyclic) bond motifs is 1. The van der Waals surface area contributed by atoms with Crippen molar-refractivity contribution >= 4 is 16.9 Å². The number of hydrogen-bond donors (Lipinski definition) is 1. The highest BCUT2D eigenvalue weighted by atomic mass is 16.5. The van der Waals surface area contributed by atoms with Crippen LogP contribution in [0.4, 0.5) is 0 Å². The maximum atomic E-state index is 11.3. The van der Waals surface area contributed by atoms with Crippen LogP contribution in [0.2, 0.25) is 0 Å². The number of carboxylic acids is 1. The van der Waals surface area contributed by atoms with E-state index >= 15 is 0 Å². The van der Waals surface area contributed by atoms with Gasteiger partial charge in [0.15, 0.2) is 11.5 Å². The van der Waals surface area contributed by atoms with Crippen LogP contribution in [0, 0.1) is 0 Å². The predicted molar refractivity (Wildman–Crippen MR) is 101 cm³/mol. The number of nitrogens with zero attached hydrogens (tertiary/aromatic N) is 3. The summed E-state index contributed by atoms with van der Waals surface area (Å²) in [5.41, 5.74) is 2.02. The first-order valence-corrected chi connectivity index (χ1v) is 8.47. The molecule has 0 amide bonds. The molecule has 0 aliphatic rings. The summed E-state index contributed by atoms with van der Waals surface area (Å²) in [6.07, 6.45) is 0. The first kappa shape index (κ1) is 17.6. The van der Waals surface area contributed by atoms with Gasteiger partial charge >= 0.3 is 5.97 Å². The third-order valence-electron chi connectivity index (χ3n) is 4.39. The van der Waals surface area contributed by atoms with Crippen LogP contribution >= 0.6 is 0 Å². The zero-order valence-corrected chi connectivity index (χ0v) is 15.2. The highest BCUT2D eigenvalue weighted by Crippen LogP contribution is 2.33. The quantitative estimate of drug-likeness (QED) is 0.547. The van der Waals surface area contributed by atoms with Gasteiger partial charge < -0.3 is 23.7 Å². The van der Waals surface area contributed by atoms with Gasteiger partial charge in [-0.25, -0.2) is 0 Å². The lowest BCUT2D eigenvalue weighted by Crippen LogP contribution is -2.09. The Kier molecular flexibility index (Phi) is 4.44. The van der Waals surface area contributed by atoms with Gasteiger partial charge in [0.2, 0.25) is 5.82 Å². The minimum Gasteiger partial charge on any atom is -0.493 e. The Morgan fingerprint density at radius 3 is 2.64 bits per heavy atom. The molecule has 0 radical (unpaired) electrons. The lowest BCUT2D eigenvalue weighted by molar-refractivity contribution is -0.137. The van der Waals surface area contributed by atoms with Crippen molar-refractivity contribution in [2.24, 2.45) is 0 Å². The molecule has 0 atom stereocenters. The van der Waals surface area contributed by atoms with Crippen LogP contribution in [-0.4, -0.2) is 40.0 Å². The Hall–Kier alpha value is -3.81. The fraction of sp³-hybridized carbons (Fsp3) is 0.150. The van der Waals surface area contributed by atoms with E-state index in [-0.39, 0.29) is 12.4 Å². The minimum atomic E-state index is -0.956. The van der Waals surface area contributed by atoms with E-state index in [9.17, 15) is 9.90 Å². The maximum Gasteiger partial charge on any atom is 0.323 e. The highest BCUT2D eigenvalue weighted by Gasteiger charge is 2.19. The molecular weight excluding hydrogens is 362 g/mol. The number of rotatable bonds is 6. The standard InChI is InChI=1S/C20H17N3O5/c1-26-16-8-7-13(10-17(16)27-2)19-21-20(28-22-19)15-9-12-5-3-4-6-14(12)23(15)11-18(24)25/h3-10H,11H2,1-2H3,(H,24,25). The highest BCUT2D eigenvalue weighted by molar-refractivity contribution is 5.87. The normalized spacial score (nSPS) is 10.9. The summed E-state index contributed by atoms with van der Waals surface area (Å²) in [7, 11) is 3.11. The van der Waals surface area contributed by atoms with E-state index in [0.29, 0.717) is 28.6 Å². The molecule has 0 aliphatic heterocycles. The van der Waals surface area contributed by atoms with Crippen LogP contribution in [0.15, 0.2) is 53.1 Å². The van der Waals surface area contributed by atoms with Crippen molar-refractivity contribution < 1.29 is 23.9 Å². The molecule has 0 fully saturated rings. The van der Waals surface area contributed by atoms with Gasteiger partial charge in [0, 0.05) is 16.5 Å². The van der Waals surface area contributed by atoms with Gasteiger partial charge in [-0.2, -0.15) is 4.98 Å². The number of ether oxygens (including phenoxy) is 2. The molecule has 0 unspecified atom stereocenters. The number of hydrogen-bond acceptors (Lipinski definition) is 6. The van der Waals surface area contributed by atoms with E-state index in [1.807, 2.05) is 30.3 Å². The molecule has 4 rings (SSSR count). The Bertz CT molecular complexity index is 1160. The summed E-state index contributed by atoms with van der Waals surface area (Å²) in [5.74, 6) is 0.787. The zero-order chi connectivity index (χ0) is 19.7. The van der Waals surface area contributed by atoms with Gasteiger partial charge in [0.1, 0.15) is 12.2 Å². The Morgan fingerprint density at radius 2 is 1.89 bits per heavy atom. The molecule has 0 saturated heterocycles. The van der Waals surface area contributed by atoms with E-state index in [4.69, 9.17) is 14.0 Å². The molecule has 28 heavy (non-hydrogen) atoms. The molecule has 0 spiro atoms. The van der Waals surface area contributed by atoms with E-state index in [1.165, 1.54) is 0 Å². The number of carboxylic acid groups (broad SMARTS) is 1. The Balaban J connectivity index is 1.79. The molecule has 8 nitrogen and oxygen atoms in total. The Labute approximate surface area is 159 Å². The predicted octanol–water partition coefficient (Wildman–Crippen LogP) is 3.46. The summed E-state index contributed by atoms with van der Waals surface area (Å²) in [6.45, 7) is -0.211. The minimum absolute atomic E-state index is 0.211. The number of carbonyl (C=O) groups is 1. The molecule has 0 saturated carbocycles. The van der Waals surface area contributed by atoms with Gasteiger partial charge in [-0.15, -0.1) is 0 Å². The van der Waals surface area contributed by atoms with Crippen LogP contribution in [0.1, 0.15) is 0 Å². The van der Waals surface area contributed by atoms with Gasteiger partial charge in [0.05, 0.1) is 14.2 Å². The molecule has 142 valence electrons. The monoisotopic (exact) mass is 379 g/mol. The summed E-state index contributed by atoms with van der Waals surface area (Å²) < 4.78 is 17.6. The van der Waals surface area contributed by atoms with Crippen LogP contribution in [-0.2, 0) is 11.3 Å². The molecule has 0 aliphatic carbocycles. The number of para-hydroxylation sites is 1. The average Bonchev–Trinajstić information content (AvgIpc) is 3.32. The third kappa shape index (κ3) is 3.05. The number of aliphatic carboxylic acids is 1. The van der Waals surface area contributed by atoms with Crippen LogP contribution in [0.5, 0.6) is 11.5 Å². The molecule has 0 bridgehead atoms. The molecule has 2 aromatic carbocycles. The second-order valence-electron chi connectivity index (χ2n) is 6.06. The fourth-order valence-corrected chi connectivity index (χ4v) is 3.11.